The number of amides is 3. The maximum Gasteiger partial charge on any atom is 0.241 e. The van der Waals surface area contributed by atoms with Crippen LogP contribution in [0.25, 0.3) is 0 Å². The predicted octanol–water partition coefficient (Wildman–Crippen LogP) is 2.70. The van der Waals surface area contributed by atoms with Crippen LogP contribution in [0.2, 0.25) is 0 Å². The van der Waals surface area contributed by atoms with Crippen LogP contribution in [-0.4, -0.2) is 68.0 Å². The zero-order valence-corrected chi connectivity index (χ0v) is 19.2. The average Bonchev–Trinajstić information content (AvgIpc) is 3.03. The largest absolute Gasteiger partial charge is 0.492 e. The lowest BCUT2D eigenvalue weighted by Gasteiger charge is -2.29. The first-order valence-electron chi connectivity index (χ1n) is 10.8. The summed E-state index contributed by atoms with van der Waals surface area (Å²) in [6.07, 6.45) is -0.584. The molecule has 176 valence electrons. The fraction of sp³-hybridized carbons (Fsp3) is 0.400. The zero-order valence-electron chi connectivity index (χ0n) is 19.2. The normalized spacial score (nSPS) is 18.0. The van der Waals surface area contributed by atoms with Gasteiger partial charge in [-0.2, -0.15) is 0 Å². The third-order valence-corrected chi connectivity index (χ3v) is 5.91. The number of carbonyl (C=O) groups excluding carboxylic acids is 3. The van der Waals surface area contributed by atoms with Gasteiger partial charge in [0.05, 0.1) is 25.1 Å². The van der Waals surface area contributed by atoms with Crippen molar-refractivity contribution in [1.29, 1.82) is 0 Å². The van der Waals surface area contributed by atoms with Crippen LogP contribution in [0, 0.1) is 12.7 Å². The van der Waals surface area contributed by atoms with Crippen LogP contribution in [-0.2, 0) is 24.5 Å². The van der Waals surface area contributed by atoms with Gasteiger partial charge in [0.15, 0.2) is 0 Å². The number of benzene rings is 2. The number of halogens is 1. The van der Waals surface area contributed by atoms with E-state index in [1.54, 1.807) is 13.1 Å². The van der Waals surface area contributed by atoms with Crippen LogP contribution in [0.5, 0.6) is 5.75 Å². The summed E-state index contributed by atoms with van der Waals surface area (Å²) in [5, 5.41) is 0. The molecule has 0 bridgehead atoms. The Morgan fingerprint density at radius 2 is 1.82 bits per heavy atom. The second-order valence-corrected chi connectivity index (χ2v) is 8.24. The molecule has 2 aromatic carbocycles. The van der Waals surface area contributed by atoms with Gasteiger partial charge in [-0.1, -0.05) is 35.9 Å². The van der Waals surface area contributed by atoms with Gasteiger partial charge in [-0.15, -0.1) is 0 Å². The molecule has 1 atom stereocenters. The number of likely N-dealkylation sites (tertiary alicyclic amines) is 1. The van der Waals surface area contributed by atoms with E-state index in [2.05, 4.69) is 0 Å². The van der Waals surface area contributed by atoms with Gasteiger partial charge in [0.1, 0.15) is 18.2 Å². The van der Waals surface area contributed by atoms with E-state index in [9.17, 15) is 18.8 Å². The second-order valence-electron chi connectivity index (χ2n) is 8.24. The number of hydrogen-bond acceptors (Lipinski definition) is 5. The van der Waals surface area contributed by atoms with Crippen molar-refractivity contribution in [3.63, 3.8) is 0 Å². The molecular formula is C25H29FN2O5. The number of likely N-dealkylation sites (N-methyl/N-ethyl adjacent to an activating group) is 1. The number of rotatable bonds is 10. The van der Waals surface area contributed by atoms with Crippen LogP contribution >= 0.6 is 0 Å². The highest BCUT2D eigenvalue weighted by molar-refractivity contribution is 6.10. The Labute approximate surface area is 193 Å². The highest BCUT2D eigenvalue weighted by atomic mass is 19.1. The van der Waals surface area contributed by atoms with Crippen molar-refractivity contribution in [2.45, 2.75) is 25.2 Å². The Kier molecular flexibility index (Phi) is 7.81. The van der Waals surface area contributed by atoms with E-state index in [0.29, 0.717) is 5.75 Å². The van der Waals surface area contributed by atoms with Gasteiger partial charge in [-0.3, -0.25) is 19.3 Å². The van der Waals surface area contributed by atoms with Crippen LogP contribution < -0.4 is 4.74 Å². The molecule has 33 heavy (non-hydrogen) atoms. The molecule has 0 unspecified atom stereocenters. The molecule has 0 saturated carbocycles. The van der Waals surface area contributed by atoms with Gasteiger partial charge in [0, 0.05) is 32.6 Å². The first-order valence-corrected chi connectivity index (χ1v) is 10.8. The first-order chi connectivity index (χ1) is 15.8. The SMILES string of the molecule is COCCN1C(=O)C[C@](CC(=O)N(C)CCOc2ccc(C)cc2)(c2ccccc2F)C1=O. The maximum atomic E-state index is 14.8. The predicted molar refractivity (Wildman–Crippen MR) is 120 cm³/mol. The van der Waals surface area contributed by atoms with Crippen LogP contribution in [0.3, 0.4) is 0 Å². The maximum absolute atomic E-state index is 14.8. The van der Waals surface area contributed by atoms with Crippen LogP contribution in [0.1, 0.15) is 24.0 Å². The Hall–Kier alpha value is -3.26. The van der Waals surface area contributed by atoms with Crippen molar-refractivity contribution < 1.29 is 28.2 Å². The molecule has 0 aromatic heterocycles. The highest BCUT2D eigenvalue weighted by Gasteiger charge is 2.54. The Morgan fingerprint density at radius 1 is 1.12 bits per heavy atom. The quantitative estimate of drug-likeness (QED) is 0.514. The number of carbonyl (C=O) groups is 3. The third kappa shape index (κ3) is 5.39. The summed E-state index contributed by atoms with van der Waals surface area (Å²) in [4.78, 5) is 41.6. The Bertz CT molecular complexity index is 1010. The standard InChI is InChI=1S/C25H29FN2O5/c1-18-8-10-19(11-9-18)33-15-12-27(2)22(29)16-25(20-6-4-5-7-21(20)26)17-23(30)28(24(25)31)13-14-32-3/h4-11H,12-17H2,1-3H3/t25-/m1/s1. The van der Waals surface area contributed by atoms with Crippen molar-refractivity contribution in [2.75, 3.05) is 40.5 Å². The molecule has 0 aliphatic carbocycles. The lowest BCUT2D eigenvalue weighted by Crippen LogP contribution is -2.44. The van der Waals surface area contributed by atoms with E-state index >= 15 is 0 Å². The monoisotopic (exact) mass is 456 g/mol. The van der Waals surface area contributed by atoms with Gasteiger partial charge in [-0.25, -0.2) is 4.39 Å². The van der Waals surface area contributed by atoms with E-state index in [-0.39, 0.29) is 50.6 Å². The molecule has 0 spiro atoms. The smallest absolute Gasteiger partial charge is 0.241 e. The average molecular weight is 457 g/mol. The van der Waals surface area contributed by atoms with Crippen LogP contribution in [0.15, 0.2) is 48.5 Å². The second kappa shape index (κ2) is 10.6. The van der Waals surface area contributed by atoms with Crippen LogP contribution in [0.4, 0.5) is 4.39 Å². The summed E-state index contributed by atoms with van der Waals surface area (Å²) in [6.45, 7) is 2.72. The van der Waals surface area contributed by atoms with Crippen molar-refractivity contribution in [3.8, 4) is 5.75 Å². The lowest BCUT2D eigenvalue weighted by atomic mass is 9.75. The van der Waals surface area contributed by atoms with Gasteiger partial charge in [0.25, 0.3) is 0 Å². The minimum Gasteiger partial charge on any atom is -0.492 e. The van der Waals surface area contributed by atoms with Gasteiger partial charge in [0.2, 0.25) is 17.7 Å². The van der Waals surface area contributed by atoms with Crippen molar-refractivity contribution in [1.82, 2.24) is 9.80 Å². The minimum atomic E-state index is -1.58. The number of imide groups is 1. The fourth-order valence-corrected chi connectivity index (χ4v) is 3.96. The first kappa shape index (κ1) is 24.4. The number of hydrogen-bond donors (Lipinski definition) is 0. The summed E-state index contributed by atoms with van der Waals surface area (Å²) < 4.78 is 25.5. The summed E-state index contributed by atoms with van der Waals surface area (Å²) in [7, 11) is 3.06. The third-order valence-electron chi connectivity index (χ3n) is 5.91. The zero-order chi connectivity index (χ0) is 24.0. The molecule has 3 rings (SSSR count). The number of methoxy groups -OCH3 is 1. The molecule has 1 heterocycles. The summed E-state index contributed by atoms with van der Waals surface area (Å²) in [6, 6.07) is 13.4. The minimum absolute atomic E-state index is 0.0544. The highest BCUT2D eigenvalue weighted by Crippen LogP contribution is 2.41. The van der Waals surface area contributed by atoms with Gasteiger partial charge >= 0.3 is 0 Å². The van der Waals surface area contributed by atoms with E-state index in [0.717, 1.165) is 10.5 Å². The van der Waals surface area contributed by atoms with Crippen molar-refractivity contribution >= 4 is 17.7 Å². The van der Waals surface area contributed by atoms with Crippen molar-refractivity contribution in [3.05, 3.63) is 65.5 Å². The van der Waals surface area contributed by atoms with E-state index in [1.807, 2.05) is 31.2 Å². The summed E-state index contributed by atoms with van der Waals surface area (Å²) in [5.74, 6) is -1.33. The molecule has 8 heteroatoms. The molecule has 0 N–H and O–H groups in total. The Balaban J connectivity index is 1.75. The molecule has 1 aliphatic rings. The summed E-state index contributed by atoms with van der Waals surface area (Å²) >= 11 is 0. The number of ether oxygens (including phenoxy) is 2. The molecule has 1 saturated heterocycles. The van der Waals surface area contributed by atoms with Crippen molar-refractivity contribution in [2.24, 2.45) is 0 Å². The van der Waals surface area contributed by atoms with E-state index in [4.69, 9.17) is 9.47 Å². The van der Waals surface area contributed by atoms with Gasteiger partial charge in [-0.05, 0) is 25.1 Å². The van der Waals surface area contributed by atoms with E-state index < -0.39 is 23.0 Å². The molecule has 3 amide bonds. The topological polar surface area (TPSA) is 76.2 Å². The van der Waals surface area contributed by atoms with E-state index in [1.165, 1.54) is 30.2 Å². The molecule has 7 nitrogen and oxygen atoms in total. The number of nitrogens with zero attached hydrogens (tertiary/aromatic N) is 2. The summed E-state index contributed by atoms with van der Waals surface area (Å²) in [5.41, 5.74) is -0.413. The lowest BCUT2D eigenvalue weighted by molar-refractivity contribution is -0.143. The molecule has 2 aromatic rings. The Morgan fingerprint density at radius 3 is 2.48 bits per heavy atom. The molecular weight excluding hydrogens is 427 g/mol. The van der Waals surface area contributed by atoms with Gasteiger partial charge < -0.3 is 14.4 Å². The molecule has 1 aliphatic heterocycles. The fourth-order valence-electron chi connectivity index (χ4n) is 3.96. The number of aryl methyl sites for hydroxylation is 1. The molecule has 1 fully saturated rings. The molecule has 0 radical (unpaired) electrons.